The van der Waals surface area contributed by atoms with E-state index in [2.05, 4.69) is 22.0 Å². The van der Waals surface area contributed by atoms with Crippen molar-refractivity contribution in [2.45, 2.75) is 45.1 Å². The zero-order valence-corrected chi connectivity index (χ0v) is 14.1. The van der Waals surface area contributed by atoms with E-state index in [0.717, 1.165) is 10.0 Å². The smallest absolute Gasteiger partial charge is 0.306 e. The number of ether oxygens (including phenoxy) is 1. The molecular formula is C15H17BrClNO2. The summed E-state index contributed by atoms with van der Waals surface area (Å²) in [4.78, 5) is 11.7. The van der Waals surface area contributed by atoms with Gasteiger partial charge in [0.1, 0.15) is 5.60 Å². The molecule has 108 valence electrons. The van der Waals surface area contributed by atoms with E-state index in [1.54, 1.807) is 12.1 Å². The van der Waals surface area contributed by atoms with Gasteiger partial charge in [-0.25, -0.2) is 0 Å². The van der Waals surface area contributed by atoms with Crippen LogP contribution in [0.15, 0.2) is 22.7 Å². The number of benzene rings is 1. The van der Waals surface area contributed by atoms with Gasteiger partial charge >= 0.3 is 5.97 Å². The highest BCUT2D eigenvalue weighted by Crippen LogP contribution is 2.29. The molecule has 0 aliphatic rings. The van der Waals surface area contributed by atoms with Gasteiger partial charge in [-0.05, 0) is 60.8 Å². The van der Waals surface area contributed by atoms with Crippen LogP contribution in [0.25, 0.3) is 0 Å². The fourth-order valence-corrected chi connectivity index (χ4v) is 2.13. The molecule has 1 aromatic carbocycles. The molecule has 1 aromatic rings. The SMILES string of the molecule is CC(C)(C)OC(=O)CCC(C#N)c1ccc(Br)c(Cl)c1. The van der Waals surface area contributed by atoms with Crippen LogP contribution < -0.4 is 0 Å². The van der Waals surface area contributed by atoms with E-state index in [4.69, 9.17) is 16.3 Å². The minimum Gasteiger partial charge on any atom is -0.460 e. The minimum atomic E-state index is -0.500. The van der Waals surface area contributed by atoms with Crippen LogP contribution in [0.3, 0.4) is 0 Å². The lowest BCUT2D eigenvalue weighted by molar-refractivity contribution is -0.154. The summed E-state index contributed by atoms with van der Waals surface area (Å²) in [6.45, 7) is 5.46. The van der Waals surface area contributed by atoms with Crippen molar-refractivity contribution in [2.24, 2.45) is 0 Å². The first kappa shape index (κ1) is 17.0. The molecule has 0 aliphatic carbocycles. The van der Waals surface area contributed by atoms with Crippen molar-refractivity contribution in [3.8, 4) is 6.07 Å². The maximum atomic E-state index is 11.7. The van der Waals surface area contributed by atoms with Crippen LogP contribution in [-0.2, 0) is 9.53 Å². The zero-order chi connectivity index (χ0) is 15.3. The van der Waals surface area contributed by atoms with Gasteiger partial charge in [0, 0.05) is 10.9 Å². The van der Waals surface area contributed by atoms with Crippen molar-refractivity contribution in [2.75, 3.05) is 0 Å². The molecule has 0 radical (unpaired) electrons. The average molecular weight is 359 g/mol. The molecule has 0 bridgehead atoms. The Morgan fingerprint density at radius 1 is 1.50 bits per heavy atom. The van der Waals surface area contributed by atoms with Gasteiger partial charge in [0.05, 0.1) is 17.0 Å². The van der Waals surface area contributed by atoms with Crippen LogP contribution in [0.1, 0.15) is 45.1 Å². The van der Waals surface area contributed by atoms with Gasteiger partial charge in [0.2, 0.25) is 0 Å². The van der Waals surface area contributed by atoms with Crippen LogP contribution in [0.4, 0.5) is 0 Å². The Bertz CT molecular complexity index is 532. The maximum absolute atomic E-state index is 11.7. The van der Waals surface area contributed by atoms with Crippen molar-refractivity contribution in [1.82, 2.24) is 0 Å². The largest absolute Gasteiger partial charge is 0.460 e. The summed E-state index contributed by atoms with van der Waals surface area (Å²) in [7, 11) is 0. The van der Waals surface area contributed by atoms with E-state index in [0.29, 0.717) is 11.4 Å². The van der Waals surface area contributed by atoms with Crippen molar-refractivity contribution >= 4 is 33.5 Å². The number of nitriles is 1. The first-order valence-corrected chi connectivity index (χ1v) is 7.46. The molecule has 0 saturated heterocycles. The molecule has 0 heterocycles. The Balaban J connectivity index is 2.67. The minimum absolute atomic E-state index is 0.211. The Morgan fingerprint density at radius 3 is 2.65 bits per heavy atom. The molecule has 0 fully saturated rings. The molecule has 0 aliphatic heterocycles. The Labute approximate surface area is 133 Å². The molecule has 5 heteroatoms. The van der Waals surface area contributed by atoms with Crippen LogP contribution in [0.2, 0.25) is 5.02 Å². The fraction of sp³-hybridized carbons (Fsp3) is 0.467. The lowest BCUT2D eigenvalue weighted by atomic mass is 9.96. The molecule has 1 atom stereocenters. The molecular weight excluding hydrogens is 342 g/mol. The highest BCUT2D eigenvalue weighted by molar-refractivity contribution is 9.10. The monoisotopic (exact) mass is 357 g/mol. The molecule has 1 unspecified atom stereocenters. The van der Waals surface area contributed by atoms with Gasteiger partial charge in [-0.1, -0.05) is 17.7 Å². The van der Waals surface area contributed by atoms with Gasteiger partial charge in [-0.2, -0.15) is 5.26 Å². The summed E-state index contributed by atoms with van der Waals surface area (Å²) >= 11 is 9.32. The van der Waals surface area contributed by atoms with Gasteiger partial charge in [-0.3, -0.25) is 4.79 Å². The van der Waals surface area contributed by atoms with E-state index in [1.807, 2.05) is 26.8 Å². The van der Waals surface area contributed by atoms with Crippen molar-refractivity contribution in [3.05, 3.63) is 33.3 Å². The van der Waals surface area contributed by atoms with Gasteiger partial charge in [-0.15, -0.1) is 0 Å². The number of rotatable bonds is 4. The third-order valence-corrected chi connectivity index (χ3v) is 3.79. The Hall–Kier alpha value is -1.05. The van der Waals surface area contributed by atoms with Crippen LogP contribution in [0.5, 0.6) is 0 Å². The standard InChI is InChI=1S/C15H17BrClNO2/c1-15(2,3)20-14(19)7-5-11(9-18)10-4-6-12(16)13(17)8-10/h4,6,8,11H,5,7H2,1-3H3. The number of halogens is 2. The normalized spacial score (nSPS) is 12.6. The molecule has 20 heavy (non-hydrogen) atoms. The predicted molar refractivity (Wildman–Crippen MR) is 82.6 cm³/mol. The summed E-state index contributed by atoms with van der Waals surface area (Å²) in [6.07, 6.45) is 0.632. The molecule has 3 nitrogen and oxygen atoms in total. The second kappa shape index (κ2) is 7.10. The molecule has 0 spiro atoms. The van der Waals surface area contributed by atoms with E-state index >= 15 is 0 Å². The molecule has 0 N–H and O–H groups in total. The topological polar surface area (TPSA) is 50.1 Å². The van der Waals surface area contributed by atoms with E-state index in [9.17, 15) is 10.1 Å². The van der Waals surface area contributed by atoms with Gasteiger partial charge in [0.25, 0.3) is 0 Å². The number of carbonyl (C=O) groups excluding carboxylic acids is 1. The Morgan fingerprint density at radius 2 is 2.15 bits per heavy atom. The van der Waals surface area contributed by atoms with Crippen molar-refractivity contribution in [1.29, 1.82) is 5.26 Å². The second-order valence-corrected chi connectivity index (χ2v) is 6.74. The zero-order valence-electron chi connectivity index (χ0n) is 11.7. The van der Waals surface area contributed by atoms with Crippen molar-refractivity contribution in [3.63, 3.8) is 0 Å². The van der Waals surface area contributed by atoms with Crippen LogP contribution >= 0.6 is 27.5 Å². The number of hydrogen-bond donors (Lipinski definition) is 0. The molecule has 1 rings (SSSR count). The number of nitrogens with zero attached hydrogens (tertiary/aromatic N) is 1. The van der Waals surface area contributed by atoms with Crippen LogP contribution in [-0.4, -0.2) is 11.6 Å². The Kier molecular flexibility index (Phi) is 6.04. The first-order valence-electron chi connectivity index (χ1n) is 6.29. The second-order valence-electron chi connectivity index (χ2n) is 5.48. The summed E-state index contributed by atoms with van der Waals surface area (Å²) in [6, 6.07) is 7.58. The van der Waals surface area contributed by atoms with Crippen molar-refractivity contribution < 1.29 is 9.53 Å². The van der Waals surface area contributed by atoms with Gasteiger partial charge < -0.3 is 4.74 Å². The van der Waals surface area contributed by atoms with E-state index in [1.165, 1.54) is 0 Å². The van der Waals surface area contributed by atoms with Crippen LogP contribution in [0, 0.1) is 11.3 Å². The summed E-state index contributed by atoms with van der Waals surface area (Å²) < 4.78 is 6.01. The van der Waals surface area contributed by atoms with Gasteiger partial charge in [0.15, 0.2) is 0 Å². The summed E-state index contributed by atoms with van der Waals surface area (Å²) in [5, 5.41) is 9.78. The fourth-order valence-electron chi connectivity index (χ4n) is 1.69. The molecule has 0 saturated carbocycles. The lowest BCUT2D eigenvalue weighted by Gasteiger charge is -2.20. The number of esters is 1. The maximum Gasteiger partial charge on any atom is 0.306 e. The predicted octanol–water partition coefficient (Wildman–Crippen LogP) is 4.83. The third kappa shape index (κ3) is 5.52. The lowest BCUT2D eigenvalue weighted by Crippen LogP contribution is -2.23. The third-order valence-electron chi connectivity index (χ3n) is 2.56. The van der Waals surface area contributed by atoms with E-state index < -0.39 is 5.60 Å². The summed E-state index contributed by atoms with van der Waals surface area (Å²) in [5.74, 6) is -0.658. The van der Waals surface area contributed by atoms with E-state index in [-0.39, 0.29) is 18.3 Å². The highest BCUT2D eigenvalue weighted by Gasteiger charge is 2.19. The highest BCUT2D eigenvalue weighted by atomic mass is 79.9. The molecule has 0 aromatic heterocycles. The quantitative estimate of drug-likeness (QED) is 0.724. The number of carbonyl (C=O) groups is 1. The number of hydrogen-bond acceptors (Lipinski definition) is 3. The average Bonchev–Trinajstić information content (AvgIpc) is 2.32. The summed E-state index contributed by atoms with van der Waals surface area (Å²) in [5.41, 5.74) is 0.310. The first-order chi connectivity index (χ1) is 9.23. The molecule has 0 amide bonds.